The van der Waals surface area contributed by atoms with Crippen LogP contribution in [0.1, 0.15) is 35.1 Å². The summed E-state index contributed by atoms with van der Waals surface area (Å²) in [5, 5.41) is 7.80. The summed E-state index contributed by atoms with van der Waals surface area (Å²) in [5.41, 5.74) is 1.74. The van der Waals surface area contributed by atoms with Crippen LogP contribution in [0.4, 0.5) is 0 Å². The van der Waals surface area contributed by atoms with Crippen LogP contribution in [0.25, 0.3) is 0 Å². The molecule has 0 saturated heterocycles. The summed E-state index contributed by atoms with van der Waals surface area (Å²) < 4.78 is 0. The second kappa shape index (κ2) is 6.78. The predicted molar refractivity (Wildman–Crippen MR) is 89.5 cm³/mol. The molecule has 23 heavy (non-hydrogen) atoms. The number of hydrogen-bond donors (Lipinski definition) is 2. The zero-order valence-electron chi connectivity index (χ0n) is 12.9. The predicted octanol–water partition coefficient (Wildman–Crippen LogP) is 2.64. The molecule has 2 aromatic heterocycles. The summed E-state index contributed by atoms with van der Waals surface area (Å²) in [7, 11) is 0. The lowest BCUT2D eigenvalue weighted by atomic mass is 10.1. The van der Waals surface area contributed by atoms with Gasteiger partial charge in [-0.25, -0.2) is 9.97 Å². The molecule has 2 N–H and O–H groups in total. The normalized spacial score (nSPS) is 12.3. The van der Waals surface area contributed by atoms with E-state index < -0.39 is 0 Å². The van der Waals surface area contributed by atoms with Crippen LogP contribution in [0, 0.1) is 6.92 Å². The van der Waals surface area contributed by atoms with Gasteiger partial charge in [0.2, 0.25) is 5.16 Å². The Labute approximate surface area is 137 Å². The van der Waals surface area contributed by atoms with Gasteiger partial charge in [-0.1, -0.05) is 42.1 Å². The topological polar surface area (TPSA) is 87.3 Å². The molecule has 3 rings (SSSR count). The van der Waals surface area contributed by atoms with Crippen molar-refractivity contribution in [2.45, 2.75) is 30.7 Å². The van der Waals surface area contributed by atoms with Crippen molar-refractivity contribution in [2.24, 2.45) is 0 Å². The Morgan fingerprint density at radius 1 is 1.22 bits per heavy atom. The highest BCUT2D eigenvalue weighted by atomic mass is 32.2. The second-order valence-electron chi connectivity index (χ2n) is 5.26. The summed E-state index contributed by atoms with van der Waals surface area (Å²) >= 11 is 1.46. The second-order valence-corrected chi connectivity index (χ2v) is 6.57. The molecule has 0 bridgehead atoms. The molecule has 118 valence electrons. The summed E-state index contributed by atoms with van der Waals surface area (Å²) in [6.45, 7) is 3.77. The fourth-order valence-corrected chi connectivity index (χ4v) is 3.01. The molecule has 0 aliphatic rings. The third-order valence-corrected chi connectivity index (χ3v) is 4.25. The third-order valence-electron chi connectivity index (χ3n) is 3.28. The Balaban J connectivity index is 1.70. The number of nitrogens with one attached hydrogen (secondary N) is 2. The summed E-state index contributed by atoms with van der Waals surface area (Å²) in [5.74, 6) is 1.45. The van der Waals surface area contributed by atoms with Gasteiger partial charge in [0.1, 0.15) is 11.6 Å². The largest absolute Gasteiger partial charge is 0.310 e. The summed E-state index contributed by atoms with van der Waals surface area (Å²) in [6, 6.07) is 11.6. The Morgan fingerprint density at radius 3 is 2.74 bits per heavy atom. The van der Waals surface area contributed by atoms with Crippen molar-refractivity contribution < 1.29 is 0 Å². The van der Waals surface area contributed by atoms with E-state index in [1.165, 1.54) is 23.4 Å². The minimum absolute atomic E-state index is 0.0389. The molecular weight excluding hydrogens is 310 g/mol. The number of hydrogen-bond acceptors (Lipinski definition) is 5. The first-order valence-corrected chi connectivity index (χ1v) is 8.18. The van der Waals surface area contributed by atoms with E-state index in [4.69, 9.17) is 0 Å². The van der Waals surface area contributed by atoms with Crippen LogP contribution in [0.2, 0.25) is 0 Å². The van der Waals surface area contributed by atoms with Gasteiger partial charge < -0.3 is 4.98 Å². The number of thioether (sulfide) groups is 1. The highest BCUT2D eigenvalue weighted by Crippen LogP contribution is 2.30. The first kappa shape index (κ1) is 15.5. The first-order chi connectivity index (χ1) is 11.1. The molecule has 0 spiro atoms. The van der Waals surface area contributed by atoms with E-state index in [1.807, 2.05) is 25.1 Å². The molecule has 1 atom stereocenters. The molecule has 7 heteroatoms. The quantitative estimate of drug-likeness (QED) is 0.703. The van der Waals surface area contributed by atoms with Crippen LogP contribution in [0.5, 0.6) is 0 Å². The van der Waals surface area contributed by atoms with E-state index >= 15 is 0 Å². The van der Waals surface area contributed by atoms with Crippen molar-refractivity contribution in [3.63, 3.8) is 0 Å². The average Bonchev–Trinajstić information content (AvgIpc) is 2.94. The van der Waals surface area contributed by atoms with Gasteiger partial charge >= 0.3 is 0 Å². The lowest BCUT2D eigenvalue weighted by Crippen LogP contribution is -2.12. The molecule has 0 saturated carbocycles. The molecule has 0 radical (unpaired) electrons. The van der Waals surface area contributed by atoms with E-state index in [9.17, 15) is 4.79 Å². The molecule has 0 aliphatic carbocycles. The van der Waals surface area contributed by atoms with Crippen molar-refractivity contribution in [3.05, 3.63) is 69.7 Å². The summed E-state index contributed by atoms with van der Waals surface area (Å²) in [6.07, 6.45) is 0.711. The average molecular weight is 327 g/mol. The third kappa shape index (κ3) is 4.07. The Hall–Kier alpha value is -2.41. The Kier molecular flexibility index (Phi) is 4.57. The number of nitrogens with zero attached hydrogens (tertiary/aromatic N) is 3. The number of aryl methyl sites for hydroxylation is 1. The van der Waals surface area contributed by atoms with E-state index in [-0.39, 0.29) is 10.8 Å². The van der Waals surface area contributed by atoms with E-state index in [2.05, 4.69) is 37.3 Å². The van der Waals surface area contributed by atoms with Gasteiger partial charge in [-0.3, -0.25) is 9.89 Å². The molecule has 1 unspecified atom stereocenters. The molecule has 3 aromatic rings. The maximum absolute atomic E-state index is 11.5. The number of aromatic nitrogens is 5. The number of rotatable bonds is 5. The van der Waals surface area contributed by atoms with Gasteiger partial charge in [0.15, 0.2) is 0 Å². The van der Waals surface area contributed by atoms with Crippen LogP contribution in [-0.2, 0) is 6.42 Å². The molecule has 0 amide bonds. The first-order valence-electron chi connectivity index (χ1n) is 7.30. The van der Waals surface area contributed by atoms with Gasteiger partial charge in [0.05, 0.1) is 5.25 Å². The van der Waals surface area contributed by atoms with Crippen LogP contribution >= 0.6 is 11.8 Å². The molecular formula is C16H17N5OS. The maximum Gasteiger partial charge on any atom is 0.251 e. The van der Waals surface area contributed by atoms with Gasteiger partial charge in [-0.05, 0) is 19.4 Å². The van der Waals surface area contributed by atoms with Crippen molar-refractivity contribution in [1.82, 2.24) is 25.1 Å². The maximum atomic E-state index is 11.5. The number of benzene rings is 1. The zero-order chi connectivity index (χ0) is 16.2. The number of H-pyrrole nitrogens is 2. The van der Waals surface area contributed by atoms with Crippen LogP contribution in [0.15, 0.2) is 46.3 Å². The Morgan fingerprint density at radius 2 is 2.00 bits per heavy atom. The van der Waals surface area contributed by atoms with Crippen LogP contribution in [0.3, 0.4) is 0 Å². The van der Waals surface area contributed by atoms with Crippen molar-refractivity contribution in [3.8, 4) is 0 Å². The highest BCUT2D eigenvalue weighted by molar-refractivity contribution is 7.99. The highest BCUT2D eigenvalue weighted by Gasteiger charge is 2.14. The van der Waals surface area contributed by atoms with E-state index in [0.717, 1.165) is 5.82 Å². The minimum Gasteiger partial charge on any atom is -0.310 e. The molecule has 0 fully saturated rings. The lowest BCUT2D eigenvalue weighted by Gasteiger charge is -2.07. The van der Waals surface area contributed by atoms with Crippen molar-refractivity contribution in [2.75, 3.05) is 0 Å². The molecule has 1 aromatic carbocycles. The Bertz CT molecular complexity index is 843. The fourth-order valence-electron chi connectivity index (χ4n) is 2.21. The van der Waals surface area contributed by atoms with Gasteiger partial charge in [0.25, 0.3) is 5.56 Å². The number of aromatic amines is 2. The molecule has 6 nitrogen and oxygen atoms in total. The smallest absolute Gasteiger partial charge is 0.251 e. The lowest BCUT2D eigenvalue weighted by molar-refractivity contribution is 0.872. The fraction of sp³-hybridized carbons (Fsp3) is 0.250. The van der Waals surface area contributed by atoms with Gasteiger partial charge in [0, 0.05) is 18.2 Å². The van der Waals surface area contributed by atoms with Crippen LogP contribution < -0.4 is 5.56 Å². The standard InChI is InChI=1S/C16H17N5OS/c1-10-8-14(22)19-15(17-10)11(2)23-16-18-13(20-21-16)9-12-6-4-3-5-7-12/h3-8,11H,9H2,1-2H3,(H,17,19,22)(H,18,20,21). The molecule has 2 heterocycles. The SMILES string of the molecule is Cc1cc(=O)[nH]c(C(C)Sc2n[nH]c(Cc3ccccc3)n2)n1. The van der Waals surface area contributed by atoms with Gasteiger partial charge in [-0.2, -0.15) is 0 Å². The van der Waals surface area contributed by atoms with Crippen molar-refractivity contribution in [1.29, 1.82) is 0 Å². The van der Waals surface area contributed by atoms with Gasteiger partial charge in [-0.15, -0.1) is 5.10 Å². The van der Waals surface area contributed by atoms with Crippen molar-refractivity contribution >= 4 is 11.8 Å². The van der Waals surface area contributed by atoms with E-state index in [0.29, 0.717) is 23.1 Å². The molecule has 0 aliphatic heterocycles. The zero-order valence-corrected chi connectivity index (χ0v) is 13.7. The van der Waals surface area contributed by atoms with Crippen LogP contribution in [-0.4, -0.2) is 25.1 Å². The monoisotopic (exact) mass is 327 g/mol. The summed E-state index contributed by atoms with van der Waals surface area (Å²) in [4.78, 5) is 23.1. The minimum atomic E-state index is -0.139. The van der Waals surface area contributed by atoms with E-state index in [1.54, 1.807) is 6.92 Å².